The number of sulfonamides is 1. The number of carbonyl (C=O) groups excluding carboxylic acids is 2. The van der Waals surface area contributed by atoms with Crippen molar-refractivity contribution in [1.82, 2.24) is 29.4 Å². The molecule has 0 radical (unpaired) electrons. The molecule has 8 rings (SSSR count). The van der Waals surface area contributed by atoms with E-state index in [-0.39, 0.29) is 51.6 Å². The largest absolute Gasteiger partial charge is 0.474 e. The quantitative estimate of drug-likeness (QED) is 0.113. The minimum absolute atomic E-state index is 0.0124. The van der Waals surface area contributed by atoms with E-state index in [4.69, 9.17) is 37.4 Å². The number of pyridine rings is 1. The number of hydrogen-bond donors (Lipinski definition) is 2. The number of ether oxygens (including phenoxy) is 3. The van der Waals surface area contributed by atoms with Gasteiger partial charge in [-0.1, -0.05) is 54.8 Å². The number of benzene rings is 3. The van der Waals surface area contributed by atoms with Gasteiger partial charge in [0.25, 0.3) is 15.9 Å². The highest BCUT2D eigenvalue weighted by Gasteiger charge is 2.31. The van der Waals surface area contributed by atoms with Crippen LogP contribution in [0.2, 0.25) is 10.0 Å². The Labute approximate surface area is 390 Å². The van der Waals surface area contributed by atoms with Crippen molar-refractivity contribution in [2.24, 2.45) is 5.41 Å². The van der Waals surface area contributed by atoms with Crippen LogP contribution in [0.5, 0.6) is 17.4 Å². The molecule has 1 aliphatic carbocycles. The van der Waals surface area contributed by atoms with Crippen LogP contribution in [0.15, 0.2) is 95.7 Å². The van der Waals surface area contributed by atoms with Crippen LogP contribution < -0.4 is 19.1 Å². The summed E-state index contributed by atoms with van der Waals surface area (Å²) in [5.74, 6) is -0.243. The number of morpholine rings is 1. The van der Waals surface area contributed by atoms with Crippen molar-refractivity contribution in [1.29, 1.82) is 0 Å². The summed E-state index contributed by atoms with van der Waals surface area (Å²) in [6.45, 7) is 10.2. The number of H-pyrrole nitrogens is 1. The number of carbonyl (C=O) groups is 2. The molecule has 17 heteroatoms. The Morgan fingerprint density at radius 3 is 2.52 bits per heavy atom. The third kappa shape index (κ3) is 11.5. The van der Waals surface area contributed by atoms with Crippen molar-refractivity contribution in [3.63, 3.8) is 0 Å². The van der Waals surface area contributed by atoms with E-state index >= 15 is 0 Å². The minimum atomic E-state index is -4.46. The van der Waals surface area contributed by atoms with E-state index in [1.807, 2.05) is 56.7 Å². The first-order valence-corrected chi connectivity index (χ1v) is 24.1. The monoisotopic (exact) mass is 943 g/mol. The number of rotatable bonds is 14. The number of likely N-dealkylation sites (N-methyl/N-ethyl adjacent to an activating group) is 1. The van der Waals surface area contributed by atoms with Crippen molar-refractivity contribution in [2.45, 2.75) is 44.1 Å². The lowest BCUT2D eigenvalue weighted by atomic mass is 9.72. The van der Waals surface area contributed by atoms with E-state index in [9.17, 15) is 18.0 Å². The van der Waals surface area contributed by atoms with Gasteiger partial charge in [-0.15, -0.1) is 0 Å². The van der Waals surface area contributed by atoms with Crippen molar-refractivity contribution in [2.75, 3.05) is 84.6 Å². The van der Waals surface area contributed by atoms with Crippen molar-refractivity contribution in [3.8, 4) is 17.4 Å². The van der Waals surface area contributed by atoms with Gasteiger partial charge in [0.1, 0.15) is 34.1 Å². The summed E-state index contributed by atoms with van der Waals surface area (Å²) in [6, 6.07) is 22.0. The minimum Gasteiger partial charge on any atom is -0.474 e. The van der Waals surface area contributed by atoms with E-state index in [1.54, 1.807) is 28.0 Å². The highest BCUT2D eigenvalue weighted by molar-refractivity contribution is 7.90. The zero-order chi connectivity index (χ0) is 45.9. The molecule has 2 aromatic heterocycles. The van der Waals surface area contributed by atoms with Crippen molar-refractivity contribution < 1.29 is 32.2 Å². The lowest BCUT2D eigenvalue weighted by Gasteiger charge is -2.39. The standard InChI is InChI=1S/C48H55Cl2N7O7S/c1-48(2)15-13-34(41(26-48)32-5-7-35(49)8-6-32)28-55-17-19-56(20-18-55)36-9-11-40(44(24-36)64-37-10-12-43-33(23-37)14-16-51-43)46(59)53-65(60,61)39-25-42(50)47(52-27-39)63-31-38-29-57(21-22-62-38)45(58)30-54(3)4/h5-12,14,16,23-25,27,38,51H,13,15,17-22,26,28-31H2,1-4H3,(H,53,59)/t38-/m1/s1. The lowest BCUT2D eigenvalue weighted by molar-refractivity contribution is -0.140. The molecule has 2 aliphatic heterocycles. The smallest absolute Gasteiger partial charge is 0.268 e. The maximum atomic E-state index is 14.0. The second-order valence-corrected chi connectivity index (χ2v) is 20.5. The molecule has 344 valence electrons. The van der Waals surface area contributed by atoms with Crippen LogP contribution >= 0.6 is 23.2 Å². The van der Waals surface area contributed by atoms with Crippen LogP contribution in [0.4, 0.5) is 5.69 Å². The number of aromatic nitrogens is 2. The molecule has 2 saturated heterocycles. The Morgan fingerprint density at radius 2 is 1.77 bits per heavy atom. The number of fused-ring (bicyclic) bond motifs is 1. The van der Waals surface area contributed by atoms with Crippen LogP contribution in [0.3, 0.4) is 0 Å². The van der Waals surface area contributed by atoms with E-state index in [2.05, 4.69) is 50.5 Å². The summed E-state index contributed by atoms with van der Waals surface area (Å²) in [7, 11) is -0.801. The van der Waals surface area contributed by atoms with Crippen molar-refractivity contribution in [3.05, 3.63) is 112 Å². The number of allylic oxidation sites excluding steroid dienone is 1. The van der Waals surface area contributed by atoms with Gasteiger partial charge in [-0.3, -0.25) is 14.5 Å². The number of halogens is 2. The Bertz CT molecular complexity index is 2680. The first-order valence-electron chi connectivity index (χ1n) is 21.8. The van der Waals surface area contributed by atoms with Crippen molar-refractivity contribution >= 4 is 67.2 Å². The van der Waals surface area contributed by atoms with E-state index < -0.39 is 22.0 Å². The van der Waals surface area contributed by atoms with Gasteiger partial charge in [-0.2, -0.15) is 0 Å². The summed E-state index contributed by atoms with van der Waals surface area (Å²) in [6.07, 6.45) is 5.70. The van der Waals surface area contributed by atoms with Gasteiger partial charge in [0.2, 0.25) is 11.8 Å². The van der Waals surface area contributed by atoms with E-state index in [0.717, 1.165) is 79.8 Å². The predicted octanol–water partition coefficient (Wildman–Crippen LogP) is 7.73. The first kappa shape index (κ1) is 46.4. The molecule has 1 atom stereocenters. The molecule has 0 saturated carbocycles. The highest BCUT2D eigenvalue weighted by atomic mass is 35.5. The summed E-state index contributed by atoms with van der Waals surface area (Å²) in [5.41, 5.74) is 6.17. The van der Waals surface area contributed by atoms with Gasteiger partial charge in [-0.05, 0) is 105 Å². The highest BCUT2D eigenvalue weighted by Crippen LogP contribution is 2.43. The van der Waals surface area contributed by atoms with Gasteiger partial charge in [0.05, 0.1) is 31.5 Å². The van der Waals surface area contributed by atoms with Crippen LogP contribution in [0, 0.1) is 5.41 Å². The molecule has 0 unspecified atom stereocenters. The number of piperazine rings is 1. The van der Waals surface area contributed by atoms with Gasteiger partial charge < -0.3 is 33.9 Å². The molecular formula is C48H55Cl2N7O7S. The Balaban J connectivity index is 0.956. The molecule has 65 heavy (non-hydrogen) atoms. The summed E-state index contributed by atoms with van der Waals surface area (Å²) >= 11 is 12.7. The Hall–Kier alpha value is -5.16. The summed E-state index contributed by atoms with van der Waals surface area (Å²) in [5, 5.41) is 1.57. The fourth-order valence-electron chi connectivity index (χ4n) is 8.59. The Morgan fingerprint density at radius 1 is 0.985 bits per heavy atom. The molecule has 14 nitrogen and oxygen atoms in total. The molecule has 3 aromatic carbocycles. The fraction of sp³-hybridized carbons (Fsp3) is 0.396. The average Bonchev–Trinajstić information content (AvgIpc) is 3.75. The van der Waals surface area contributed by atoms with Gasteiger partial charge >= 0.3 is 0 Å². The number of nitrogens with one attached hydrogen (secondary N) is 2. The molecule has 3 aliphatic rings. The van der Waals surface area contributed by atoms with Crippen LogP contribution in [0.1, 0.15) is 49.0 Å². The summed E-state index contributed by atoms with van der Waals surface area (Å²) in [4.78, 5) is 41.8. The number of anilines is 1. The number of aromatic amines is 1. The predicted molar refractivity (Wildman–Crippen MR) is 254 cm³/mol. The molecular weight excluding hydrogens is 890 g/mol. The fourth-order valence-corrected chi connectivity index (χ4v) is 9.93. The first-order chi connectivity index (χ1) is 31.1. The normalized spacial score (nSPS) is 18.3. The second kappa shape index (κ2) is 19.7. The third-order valence-corrected chi connectivity index (χ3v) is 14.0. The molecule has 5 aromatic rings. The van der Waals surface area contributed by atoms with E-state index in [1.165, 1.54) is 22.8 Å². The van der Waals surface area contributed by atoms with Gasteiger partial charge in [0.15, 0.2) is 0 Å². The molecule has 4 heterocycles. The molecule has 0 bridgehead atoms. The molecule has 0 spiro atoms. The molecule has 2 N–H and O–H groups in total. The summed E-state index contributed by atoms with van der Waals surface area (Å²) < 4.78 is 47.5. The maximum absolute atomic E-state index is 14.0. The maximum Gasteiger partial charge on any atom is 0.268 e. The zero-order valence-corrected chi connectivity index (χ0v) is 39.4. The van der Waals surface area contributed by atoms with E-state index in [0.29, 0.717) is 25.4 Å². The average molecular weight is 945 g/mol. The topological polar surface area (TPSA) is 150 Å². The number of hydrogen-bond acceptors (Lipinski definition) is 11. The molecule has 2 amide bonds. The SMILES string of the molecule is CN(C)CC(=O)N1CCO[C@@H](COc2ncc(S(=O)(=O)NC(=O)c3ccc(N4CCN(CC5=C(c6ccc(Cl)cc6)CC(C)(C)CC5)CC4)cc3Oc3ccc4[nH]ccc4c3)cc2Cl)C1. The third-order valence-electron chi connectivity index (χ3n) is 12.2. The lowest BCUT2D eigenvalue weighted by Crippen LogP contribution is -2.49. The van der Waals surface area contributed by atoms with Gasteiger partial charge in [0, 0.05) is 73.1 Å². The second-order valence-electron chi connectivity index (χ2n) is 18.0. The van der Waals surface area contributed by atoms with Crippen LogP contribution in [-0.2, 0) is 19.6 Å². The number of nitrogens with zero attached hydrogens (tertiary/aromatic N) is 5. The zero-order valence-electron chi connectivity index (χ0n) is 37.1. The van der Waals surface area contributed by atoms with Gasteiger partial charge in [-0.25, -0.2) is 18.1 Å². The Kier molecular flexibility index (Phi) is 14.1. The van der Waals surface area contributed by atoms with Crippen LogP contribution in [-0.4, -0.2) is 131 Å². The van der Waals surface area contributed by atoms with Crippen LogP contribution in [0.25, 0.3) is 16.5 Å². The molecule has 2 fully saturated rings. The number of amides is 2.